The highest BCUT2D eigenvalue weighted by molar-refractivity contribution is 5.85. The molecule has 2 aromatic rings. The third-order valence-corrected chi connectivity index (χ3v) is 4.95. The molecule has 2 aromatic carbocycles. The van der Waals surface area contributed by atoms with Gasteiger partial charge in [0.15, 0.2) is 0 Å². The van der Waals surface area contributed by atoms with Crippen LogP contribution in [-0.2, 0) is 9.53 Å². The van der Waals surface area contributed by atoms with Crippen LogP contribution in [0.15, 0.2) is 48.5 Å². The fourth-order valence-electron chi connectivity index (χ4n) is 3.66. The van der Waals surface area contributed by atoms with Crippen molar-refractivity contribution in [1.29, 1.82) is 0 Å². The van der Waals surface area contributed by atoms with E-state index in [4.69, 9.17) is 9.84 Å². The Morgan fingerprint density at radius 1 is 0.966 bits per heavy atom. The molecule has 0 aliphatic heterocycles. The van der Waals surface area contributed by atoms with Crippen molar-refractivity contribution in [2.45, 2.75) is 12.3 Å². The van der Waals surface area contributed by atoms with Crippen LogP contribution in [0.4, 0.5) is 4.79 Å². The molecule has 29 heavy (non-hydrogen) atoms. The first-order chi connectivity index (χ1) is 13.5. The first kappa shape index (κ1) is 22.7. The number of benzene rings is 2. The minimum Gasteiger partial charge on any atom is -0.480 e. The summed E-state index contributed by atoms with van der Waals surface area (Å²) in [7, 11) is 3.88. The average molecular weight is 419 g/mol. The second-order valence-electron chi connectivity index (χ2n) is 7.28. The van der Waals surface area contributed by atoms with Crippen LogP contribution in [0.1, 0.15) is 23.5 Å². The van der Waals surface area contributed by atoms with Gasteiger partial charge in [0.1, 0.15) is 13.2 Å². The molecular formula is C22H27ClN2O4. The predicted molar refractivity (Wildman–Crippen MR) is 115 cm³/mol. The van der Waals surface area contributed by atoms with Crippen LogP contribution >= 0.6 is 12.4 Å². The highest BCUT2D eigenvalue weighted by atomic mass is 35.5. The Morgan fingerprint density at radius 3 is 2.03 bits per heavy atom. The molecule has 7 heteroatoms. The summed E-state index contributed by atoms with van der Waals surface area (Å²) in [6.45, 7) is 0.953. The minimum atomic E-state index is -1.04. The summed E-state index contributed by atoms with van der Waals surface area (Å²) in [6, 6.07) is 16.2. The average Bonchev–Trinajstić information content (AvgIpc) is 2.99. The van der Waals surface area contributed by atoms with Crippen molar-refractivity contribution in [2.75, 3.05) is 40.3 Å². The summed E-state index contributed by atoms with van der Waals surface area (Å²) < 4.78 is 5.57. The lowest BCUT2D eigenvalue weighted by Gasteiger charge is -2.22. The molecule has 1 N–H and O–H groups in total. The summed E-state index contributed by atoms with van der Waals surface area (Å²) in [6.07, 6.45) is 0.104. The van der Waals surface area contributed by atoms with E-state index in [2.05, 4.69) is 24.3 Å². The number of carbonyl (C=O) groups excluding carboxylic acids is 1. The standard InChI is InChI=1S/C22H26N2O4.ClH/c1-23(2)12-7-13-24(14-21(25)26)22(27)28-15-20-18-10-5-3-8-16(18)17-9-4-6-11-19(17)20;/h3-6,8-11,20H,7,12-15H2,1-2H3,(H,25,26);1H. The number of carbonyl (C=O) groups is 2. The molecule has 1 aliphatic carbocycles. The van der Waals surface area contributed by atoms with Crippen molar-refractivity contribution in [3.63, 3.8) is 0 Å². The van der Waals surface area contributed by atoms with E-state index in [0.717, 1.165) is 28.8 Å². The maximum Gasteiger partial charge on any atom is 0.410 e. The Morgan fingerprint density at radius 2 is 1.52 bits per heavy atom. The topological polar surface area (TPSA) is 70.1 Å². The summed E-state index contributed by atoms with van der Waals surface area (Å²) in [5, 5.41) is 9.12. The smallest absolute Gasteiger partial charge is 0.410 e. The van der Waals surface area contributed by atoms with Crippen LogP contribution in [0.2, 0.25) is 0 Å². The quantitative estimate of drug-likeness (QED) is 0.707. The van der Waals surface area contributed by atoms with E-state index < -0.39 is 12.1 Å². The van der Waals surface area contributed by atoms with E-state index in [9.17, 15) is 9.59 Å². The van der Waals surface area contributed by atoms with Crippen LogP contribution < -0.4 is 0 Å². The number of carboxylic acid groups (broad SMARTS) is 1. The molecule has 6 nitrogen and oxygen atoms in total. The highest BCUT2D eigenvalue weighted by Gasteiger charge is 2.29. The van der Waals surface area contributed by atoms with E-state index in [0.29, 0.717) is 13.0 Å². The van der Waals surface area contributed by atoms with Crippen LogP contribution in [0.5, 0.6) is 0 Å². The molecule has 0 spiro atoms. The van der Waals surface area contributed by atoms with Gasteiger partial charge in [0.05, 0.1) is 0 Å². The normalized spacial score (nSPS) is 12.1. The number of ether oxygens (including phenoxy) is 1. The number of nitrogens with zero attached hydrogens (tertiary/aromatic N) is 2. The predicted octanol–water partition coefficient (Wildman–Crippen LogP) is 3.70. The fourth-order valence-corrected chi connectivity index (χ4v) is 3.66. The van der Waals surface area contributed by atoms with Gasteiger partial charge >= 0.3 is 12.1 Å². The van der Waals surface area contributed by atoms with Gasteiger partial charge in [0.2, 0.25) is 0 Å². The zero-order valence-electron chi connectivity index (χ0n) is 16.7. The second kappa shape index (κ2) is 10.3. The number of carboxylic acids is 1. The lowest BCUT2D eigenvalue weighted by Crippen LogP contribution is -2.38. The lowest BCUT2D eigenvalue weighted by atomic mass is 9.98. The van der Waals surface area contributed by atoms with Crippen molar-refractivity contribution in [3.8, 4) is 11.1 Å². The maximum absolute atomic E-state index is 12.6. The molecule has 0 atom stereocenters. The first-order valence-electron chi connectivity index (χ1n) is 9.44. The van der Waals surface area contributed by atoms with Gasteiger partial charge in [0, 0.05) is 12.5 Å². The van der Waals surface area contributed by atoms with Crippen molar-refractivity contribution in [2.24, 2.45) is 0 Å². The summed E-state index contributed by atoms with van der Waals surface area (Å²) in [5.41, 5.74) is 4.59. The summed E-state index contributed by atoms with van der Waals surface area (Å²) in [4.78, 5) is 27.0. The molecule has 0 radical (unpaired) electrons. The Hall–Kier alpha value is -2.57. The van der Waals surface area contributed by atoms with E-state index in [1.807, 2.05) is 43.3 Å². The van der Waals surface area contributed by atoms with Crippen LogP contribution in [0, 0.1) is 0 Å². The number of hydrogen-bond acceptors (Lipinski definition) is 4. The molecule has 0 saturated heterocycles. The molecule has 0 saturated carbocycles. The van der Waals surface area contributed by atoms with E-state index in [-0.39, 0.29) is 31.5 Å². The van der Waals surface area contributed by atoms with Gasteiger partial charge in [-0.05, 0) is 49.3 Å². The van der Waals surface area contributed by atoms with E-state index >= 15 is 0 Å². The molecule has 0 bridgehead atoms. The molecule has 0 fully saturated rings. The van der Waals surface area contributed by atoms with Gasteiger partial charge < -0.3 is 14.7 Å². The highest BCUT2D eigenvalue weighted by Crippen LogP contribution is 2.44. The van der Waals surface area contributed by atoms with Crippen LogP contribution in [0.3, 0.4) is 0 Å². The molecule has 0 aromatic heterocycles. The van der Waals surface area contributed by atoms with Crippen molar-refractivity contribution < 1.29 is 19.4 Å². The molecule has 0 unspecified atom stereocenters. The van der Waals surface area contributed by atoms with Gasteiger partial charge in [-0.3, -0.25) is 9.69 Å². The van der Waals surface area contributed by atoms with E-state index in [1.54, 1.807) is 0 Å². The zero-order valence-corrected chi connectivity index (χ0v) is 17.5. The van der Waals surface area contributed by atoms with Crippen molar-refractivity contribution >= 4 is 24.5 Å². The Bertz CT molecular complexity index is 811. The summed E-state index contributed by atoms with van der Waals surface area (Å²) in [5.74, 6) is -1.08. The van der Waals surface area contributed by atoms with Gasteiger partial charge in [-0.1, -0.05) is 48.5 Å². The number of rotatable bonds is 8. The molecule has 3 rings (SSSR count). The number of aliphatic carboxylic acids is 1. The molecule has 1 aliphatic rings. The van der Waals surface area contributed by atoms with Gasteiger partial charge in [-0.2, -0.15) is 0 Å². The van der Waals surface area contributed by atoms with Crippen molar-refractivity contribution in [1.82, 2.24) is 9.80 Å². The molecule has 156 valence electrons. The van der Waals surface area contributed by atoms with Gasteiger partial charge in [0.25, 0.3) is 0 Å². The Balaban J connectivity index is 0.00000300. The number of amides is 1. The Kier molecular flexibility index (Phi) is 8.05. The second-order valence-corrected chi connectivity index (χ2v) is 7.28. The molecule has 0 heterocycles. The number of hydrogen-bond donors (Lipinski definition) is 1. The lowest BCUT2D eigenvalue weighted by molar-refractivity contribution is -0.138. The van der Waals surface area contributed by atoms with Crippen LogP contribution in [0.25, 0.3) is 11.1 Å². The van der Waals surface area contributed by atoms with Gasteiger partial charge in [-0.15, -0.1) is 12.4 Å². The number of halogens is 1. The maximum atomic E-state index is 12.6. The summed E-state index contributed by atoms with van der Waals surface area (Å²) >= 11 is 0. The zero-order chi connectivity index (χ0) is 20.1. The monoisotopic (exact) mass is 418 g/mol. The molecule has 1 amide bonds. The molecular weight excluding hydrogens is 392 g/mol. The fraction of sp³-hybridized carbons (Fsp3) is 0.364. The SMILES string of the molecule is CN(C)CCCN(CC(=O)O)C(=O)OCC1c2ccccc2-c2ccccc21.Cl. The van der Waals surface area contributed by atoms with Crippen molar-refractivity contribution in [3.05, 3.63) is 59.7 Å². The van der Waals surface area contributed by atoms with Gasteiger partial charge in [-0.25, -0.2) is 4.79 Å². The number of fused-ring (bicyclic) bond motifs is 3. The third-order valence-electron chi connectivity index (χ3n) is 4.95. The third kappa shape index (κ3) is 5.49. The van der Waals surface area contributed by atoms with E-state index in [1.165, 1.54) is 4.90 Å². The Labute approximate surface area is 177 Å². The largest absolute Gasteiger partial charge is 0.480 e. The minimum absolute atomic E-state index is 0. The first-order valence-corrected chi connectivity index (χ1v) is 9.44. The van der Waals surface area contributed by atoms with Crippen LogP contribution in [-0.4, -0.2) is 67.3 Å².